The van der Waals surface area contributed by atoms with Crippen LogP contribution in [0.4, 0.5) is 4.39 Å². The van der Waals surface area contributed by atoms with E-state index >= 15 is 0 Å². The van der Waals surface area contributed by atoms with E-state index in [1.54, 1.807) is 6.07 Å². The van der Waals surface area contributed by atoms with Crippen molar-refractivity contribution in [1.29, 1.82) is 0 Å². The van der Waals surface area contributed by atoms with E-state index in [9.17, 15) is 4.39 Å². The molecule has 0 saturated heterocycles. The third-order valence-corrected chi connectivity index (χ3v) is 3.53. The molecule has 2 N–H and O–H groups in total. The number of benzene rings is 2. The van der Waals surface area contributed by atoms with E-state index in [1.807, 2.05) is 6.07 Å². The zero-order valence-corrected chi connectivity index (χ0v) is 11.9. The first-order chi connectivity index (χ1) is 9.63. The van der Waals surface area contributed by atoms with Gasteiger partial charge < -0.3 is 10.5 Å². The number of ether oxygens (including phenoxy) is 1. The summed E-state index contributed by atoms with van der Waals surface area (Å²) in [5.41, 5.74) is 9.21. The Labute approximate surface area is 119 Å². The molecule has 2 aromatic rings. The van der Waals surface area contributed by atoms with Gasteiger partial charge in [-0.25, -0.2) is 4.39 Å². The predicted octanol–water partition coefficient (Wildman–Crippen LogP) is 3.43. The Kier molecular flexibility index (Phi) is 4.74. The van der Waals surface area contributed by atoms with Gasteiger partial charge >= 0.3 is 0 Å². The summed E-state index contributed by atoms with van der Waals surface area (Å²) < 4.78 is 18.6. The molecule has 0 spiro atoms. The summed E-state index contributed by atoms with van der Waals surface area (Å²) in [6, 6.07) is 13.4. The molecular formula is C17H20FNO. The highest BCUT2D eigenvalue weighted by Crippen LogP contribution is 2.24. The summed E-state index contributed by atoms with van der Waals surface area (Å²) in [6.07, 6.45) is 0.723. The zero-order valence-electron chi connectivity index (χ0n) is 11.9. The topological polar surface area (TPSA) is 35.2 Å². The van der Waals surface area contributed by atoms with Crippen LogP contribution in [0.2, 0.25) is 0 Å². The van der Waals surface area contributed by atoms with Crippen molar-refractivity contribution in [3.05, 3.63) is 65.0 Å². The van der Waals surface area contributed by atoms with Gasteiger partial charge in [-0.3, -0.25) is 0 Å². The summed E-state index contributed by atoms with van der Waals surface area (Å²) in [6.45, 7) is 2.59. The van der Waals surface area contributed by atoms with Gasteiger partial charge in [-0.15, -0.1) is 0 Å². The Balaban J connectivity index is 2.17. The van der Waals surface area contributed by atoms with Crippen LogP contribution in [0.1, 0.15) is 22.6 Å². The first kappa shape index (κ1) is 14.5. The first-order valence-electron chi connectivity index (χ1n) is 6.73. The maximum atomic E-state index is 13.7. The highest BCUT2D eigenvalue weighted by molar-refractivity contribution is 5.32. The van der Waals surface area contributed by atoms with Crippen molar-refractivity contribution in [3.8, 4) is 5.75 Å². The highest BCUT2D eigenvalue weighted by atomic mass is 19.1. The molecule has 0 amide bonds. The lowest BCUT2D eigenvalue weighted by molar-refractivity contribution is 0.386. The highest BCUT2D eigenvalue weighted by Gasteiger charge is 2.12. The van der Waals surface area contributed by atoms with Gasteiger partial charge in [0, 0.05) is 5.92 Å². The van der Waals surface area contributed by atoms with Crippen molar-refractivity contribution in [1.82, 2.24) is 0 Å². The molecule has 106 valence electrons. The molecule has 3 heteroatoms. The number of rotatable bonds is 5. The average molecular weight is 273 g/mol. The number of aryl methyl sites for hydroxylation is 1. The molecule has 0 aliphatic carbocycles. The van der Waals surface area contributed by atoms with Crippen LogP contribution in [0.5, 0.6) is 5.75 Å². The van der Waals surface area contributed by atoms with Crippen LogP contribution in [0.25, 0.3) is 0 Å². The van der Waals surface area contributed by atoms with Gasteiger partial charge in [-0.2, -0.15) is 0 Å². The van der Waals surface area contributed by atoms with Gasteiger partial charge in [0.05, 0.1) is 7.11 Å². The summed E-state index contributed by atoms with van der Waals surface area (Å²) in [5, 5.41) is 0. The van der Waals surface area contributed by atoms with Crippen LogP contribution in [-0.2, 0) is 6.42 Å². The molecule has 0 fully saturated rings. The van der Waals surface area contributed by atoms with Crippen molar-refractivity contribution < 1.29 is 9.13 Å². The van der Waals surface area contributed by atoms with E-state index in [0.717, 1.165) is 12.0 Å². The lowest BCUT2D eigenvalue weighted by Gasteiger charge is -2.16. The molecule has 0 aromatic heterocycles. The second-order valence-corrected chi connectivity index (χ2v) is 5.02. The van der Waals surface area contributed by atoms with Crippen LogP contribution in [0.3, 0.4) is 0 Å². The Hall–Kier alpha value is -1.87. The van der Waals surface area contributed by atoms with E-state index in [1.165, 1.54) is 24.3 Å². The van der Waals surface area contributed by atoms with Crippen LogP contribution < -0.4 is 10.5 Å². The molecule has 1 unspecified atom stereocenters. The monoisotopic (exact) mass is 273 g/mol. The minimum Gasteiger partial charge on any atom is -0.494 e. The normalized spacial score (nSPS) is 12.2. The summed E-state index contributed by atoms with van der Waals surface area (Å²) >= 11 is 0. The van der Waals surface area contributed by atoms with Gasteiger partial charge in [0.2, 0.25) is 0 Å². The van der Waals surface area contributed by atoms with Crippen molar-refractivity contribution in [2.24, 2.45) is 5.73 Å². The number of hydrogen-bond donors (Lipinski definition) is 1. The Morgan fingerprint density at radius 2 is 1.85 bits per heavy atom. The quantitative estimate of drug-likeness (QED) is 0.906. The lowest BCUT2D eigenvalue weighted by Crippen LogP contribution is -2.15. The molecule has 2 aromatic carbocycles. The standard InChI is InChI=1S/C17H20FNO/c1-12-3-6-14(7-4-12)15(11-19)9-13-5-8-17(20-2)16(18)10-13/h3-8,10,15H,9,11,19H2,1-2H3. The van der Waals surface area contributed by atoms with Crippen molar-refractivity contribution in [2.75, 3.05) is 13.7 Å². The Bertz CT molecular complexity index is 566. The van der Waals surface area contributed by atoms with Gasteiger partial charge in [0.15, 0.2) is 11.6 Å². The molecule has 0 aliphatic rings. The van der Waals surface area contributed by atoms with Crippen molar-refractivity contribution in [3.63, 3.8) is 0 Å². The maximum absolute atomic E-state index is 13.7. The number of nitrogens with two attached hydrogens (primary N) is 1. The van der Waals surface area contributed by atoms with Crippen LogP contribution in [-0.4, -0.2) is 13.7 Å². The Morgan fingerprint density at radius 3 is 2.40 bits per heavy atom. The van der Waals surface area contributed by atoms with E-state index in [0.29, 0.717) is 6.54 Å². The molecular weight excluding hydrogens is 253 g/mol. The second kappa shape index (κ2) is 6.53. The van der Waals surface area contributed by atoms with Gasteiger partial charge in [-0.05, 0) is 43.1 Å². The second-order valence-electron chi connectivity index (χ2n) is 5.02. The first-order valence-corrected chi connectivity index (χ1v) is 6.73. The van der Waals surface area contributed by atoms with E-state index in [-0.39, 0.29) is 17.5 Å². The average Bonchev–Trinajstić information content (AvgIpc) is 2.46. The summed E-state index contributed by atoms with van der Waals surface area (Å²) in [7, 11) is 1.47. The molecule has 0 heterocycles. The van der Waals surface area contributed by atoms with Gasteiger partial charge in [0.25, 0.3) is 0 Å². The minimum absolute atomic E-state index is 0.198. The number of hydrogen-bond acceptors (Lipinski definition) is 2. The minimum atomic E-state index is -0.329. The summed E-state index contributed by atoms with van der Waals surface area (Å²) in [4.78, 5) is 0. The molecule has 0 radical (unpaired) electrons. The lowest BCUT2D eigenvalue weighted by atomic mass is 9.91. The smallest absolute Gasteiger partial charge is 0.165 e. The largest absolute Gasteiger partial charge is 0.494 e. The third-order valence-electron chi connectivity index (χ3n) is 3.53. The fourth-order valence-electron chi connectivity index (χ4n) is 2.30. The molecule has 1 atom stereocenters. The third kappa shape index (κ3) is 3.36. The van der Waals surface area contributed by atoms with Crippen molar-refractivity contribution >= 4 is 0 Å². The summed E-state index contributed by atoms with van der Waals surface area (Å²) in [5.74, 6) is 0.140. The van der Waals surface area contributed by atoms with Crippen LogP contribution in [0.15, 0.2) is 42.5 Å². The molecule has 2 nitrogen and oxygen atoms in total. The number of methoxy groups -OCH3 is 1. The molecule has 2 rings (SSSR count). The molecule has 0 aliphatic heterocycles. The molecule has 20 heavy (non-hydrogen) atoms. The zero-order chi connectivity index (χ0) is 14.5. The maximum Gasteiger partial charge on any atom is 0.165 e. The van der Waals surface area contributed by atoms with Gasteiger partial charge in [0.1, 0.15) is 0 Å². The van der Waals surface area contributed by atoms with E-state index in [4.69, 9.17) is 10.5 Å². The van der Waals surface area contributed by atoms with Crippen LogP contribution >= 0.6 is 0 Å². The molecule has 0 saturated carbocycles. The Morgan fingerprint density at radius 1 is 1.15 bits per heavy atom. The SMILES string of the molecule is COc1ccc(CC(CN)c2ccc(C)cc2)cc1F. The van der Waals surface area contributed by atoms with Gasteiger partial charge in [-0.1, -0.05) is 35.9 Å². The van der Waals surface area contributed by atoms with Crippen LogP contribution in [0, 0.1) is 12.7 Å². The fraction of sp³-hybridized carbons (Fsp3) is 0.294. The predicted molar refractivity (Wildman–Crippen MR) is 79.6 cm³/mol. The van der Waals surface area contributed by atoms with Crippen molar-refractivity contribution in [2.45, 2.75) is 19.3 Å². The molecule has 0 bridgehead atoms. The van der Waals surface area contributed by atoms with E-state index in [2.05, 4.69) is 31.2 Å². The van der Waals surface area contributed by atoms with E-state index < -0.39 is 0 Å². The number of halogens is 1. The fourth-order valence-corrected chi connectivity index (χ4v) is 2.30.